The summed E-state index contributed by atoms with van der Waals surface area (Å²) >= 11 is 0. The lowest BCUT2D eigenvalue weighted by molar-refractivity contribution is -0.244. The maximum Gasteiger partial charge on any atom is 0.348 e. The van der Waals surface area contributed by atoms with Crippen LogP contribution in [-0.4, -0.2) is 22.7 Å². The van der Waals surface area contributed by atoms with Crippen LogP contribution in [-0.2, 0) is 19.1 Å². The maximum atomic E-state index is 12.1. The van der Waals surface area contributed by atoms with Gasteiger partial charge in [0.1, 0.15) is 5.57 Å². The van der Waals surface area contributed by atoms with Crippen molar-refractivity contribution in [3.05, 3.63) is 35.7 Å². The molecule has 0 N–H and O–H groups in total. The van der Waals surface area contributed by atoms with Gasteiger partial charge in [0.15, 0.2) is 0 Å². The molecule has 5 nitrogen and oxygen atoms in total. The van der Waals surface area contributed by atoms with E-state index in [1.165, 1.54) is 6.08 Å². The van der Waals surface area contributed by atoms with Crippen LogP contribution in [0.3, 0.4) is 0 Å². The predicted octanol–water partition coefficient (Wildman–Crippen LogP) is 2.23. The first kappa shape index (κ1) is 12.8. The van der Waals surface area contributed by atoms with Gasteiger partial charge in [-0.3, -0.25) is 4.98 Å². The van der Waals surface area contributed by atoms with Crippen molar-refractivity contribution < 1.29 is 19.1 Å². The lowest BCUT2D eigenvalue weighted by Crippen LogP contribution is -2.47. The van der Waals surface area contributed by atoms with Gasteiger partial charge in [0.25, 0.3) is 5.79 Å². The number of pyridine rings is 1. The second-order valence-corrected chi connectivity index (χ2v) is 5.09. The van der Waals surface area contributed by atoms with Crippen molar-refractivity contribution in [1.29, 1.82) is 0 Å². The van der Waals surface area contributed by atoms with Crippen molar-refractivity contribution >= 4 is 18.0 Å². The highest BCUT2D eigenvalue weighted by molar-refractivity contribution is 6.18. The average Bonchev–Trinajstić information content (AvgIpc) is 2.45. The van der Waals surface area contributed by atoms with Crippen LogP contribution < -0.4 is 0 Å². The zero-order chi connectivity index (χ0) is 14.0. The molecule has 0 radical (unpaired) electrons. The Bertz CT molecular complexity index is 536. The largest absolute Gasteiger partial charge is 0.419 e. The van der Waals surface area contributed by atoms with Gasteiger partial charge in [-0.1, -0.05) is 6.42 Å². The number of carbonyl (C=O) groups is 2. The Kier molecular flexibility index (Phi) is 3.26. The zero-order valence-corrected chi connectivity index (χ0v) is 11.0. The van der Waals surface area contributed by atoms with Gasteiger partial charge in [-0.2, -0.15) is 0 Å². The van der Waals surface area contributed by atoms with Gasteiger partial charge >= 0.3 is 11.9 Å². The van der Waals surface area contributed by atoms with E-state index < -0.39 is 17.7 Å². The van der Waals surface area contributed by atoms with Gasteiger partial charge < -0.3 is 9.47 Å². The smallest absolute Gasteiger partial charge is 0.348 e. The highest BCUT2D eigenvalue weighted by atomic mass is 16.7. The van der Waals surface area contributed by atoms with Crippen molar-refractivity contribution in [3.63, 3.8) is 0 Å². The molecule has 1 aliphatic heterocycles. The van der Waals surface area contributed by atoms with Crippen molar-refractivity contribution in [2.45, 2.75) is 37.9 Å². The number of carbonyl (C=O) groups excluding carboxylic acids is 2. The number of esters is 2. The Morgan fingerprint density at radius 2 is 1.60 bits per heavy atom. The highest BCUT2D eigenvalue weighted by Gasteiger charge is 2.46. The first-order chi connectivity index (χ1) is 9.69. The molecule has 0 bridgehead atoms. The number of hydrogen-bond acceptors (Lipinski definition) is 5. The van der Waals surface area contributed by atoms with Crippen molar-refractivity contribution in [2.24, 2.45) is 0 Å². The molecule has 1 aromatic rings. The van der Waals surface area contributed by atoms with Crippen LogP contribution in [0.2, 0.25) is 0 Å². The fraction of sp³-hybridized carbons (Fsp3) is 0.400. The van der Waals surface area contributed by atoms with E-state index in [4.69, 9.17) is 9.47 Å². The van der Waals surface area contributed by atoms with Crippen LogP contribution in [0, 0.1) is 0 Å². The minimum absolute atomic E-state index is 0.0626. The standard InChI is InChI=1S/C15H15NO4/c17-13-12(10-11-4-8-16-9-5-11)14(18)20-15(19-13)6-2-1-3-7-15/h4-5,8-10H,1-3,6-7H2. The first-order valence-corrected chi connectivity index (χ1v) is 6.77. The molecule has 3 rings (SSSR count). The highest BCUT2D eigenvalue weighted by Crippen LogP contribution is 2.37. The second kappa shape index (κ2) is 5.07. The summed E-state index contributed by atoms with van der Waals surface area (Å²) in [5.41, 5.74) is 0.649. The lowest BCUT2D eigenvalue weighted by atomic mass is 9.93. The molecule has 2 aliphatic rings. The average molecular weight is 273 g/mol. The third kappa shape index (κ3) is 2.43. The molecule has 0 aromatic carbocycles. The van der Waals surface area contributed by atoms with Crippen molar-refractivity contribution in [2.75, 3.05) is 0 Å². The van der Waals surface area contributed by atoms with Gasteiger partial charge in [0, 0.05) is 25.2 Å². The van der Waals surface area contributed by atoms with Crippen LogP contribution in [0.5, 0.6) is 0 Å². The van der Waals surface area contributed by atoms with Gasteiger partial charge in [-0.25, -0.2) is 9.59 Å². The second-order valence-electron chi connectivity index (χ2n) is 5.09. The van der Waals surface area contributed by atoms with Crippen LogP contribution in [0.4, 0.5) is 0 Å². The van der Waals surface area contributed by atoms with E-state index >= 15 is 0 Å². The summed E-state index contributed by atoms with van der Waals surface area (Å²) in [4.78, 5) is 28.0. The Hall–Kier alpha value is -2.17. The van der Waals surface area contributed by atoms with E-state index in [2.05, 4.69) is 4.98 Å². The van der Waals surface area contributed by atoms with Crippen molar-refractivity contribution in [3.8, 4) is 0 Å². The summed E-state index contributed by atoms with van der Waals surface area (Å²) in [5.74, 6) is -2.22. The third-order valence-electron chi connectivity index (χ3n) is 3.63. The molecule has 1 spiro atoms. The normalized spacial score (nSPS) is 21.3. The molecule has 0 atom stereocenters. The summed E-state index contributed by atoms with van der Waals surface area (Å²) in [5, 5.41) is 0. The fourth-order valence-corrected chi connectivity index (χ4v) is 2.59. The molecule has 1 saturated carbocycles. The topological polar surface area (TPSA) is 65.5 Å². The lowest BCUT2D eigenvalue weighted by Gasteiger charge is -2.38. The number of nitrogens with zero attached hydrogens (tertiary/aromatic N) is 1. The quantitative estimate of drug-likeness (QED) is 0.446. The van der Waals surface area contributed by atoms with E-state index in [1.54, 1.807) is 24.5 Å². The summed E-state index contributed by atoms with van der Waals surface area (Å²) in [6.07, 6.45) is 8.73. The molecule has 1 saturated heterocycles. The number of aromatic nitrogens is 1. The zero-order valence-electron chi connectivity index (χ0n) is 11.0. The van der Waals surface area contributed by atoms with E-state index in [0.29, 0.717) is 18.4 Å². The third-order valence-corrected chi connectivity index (χ3v) is 3.63. The Balaban J connectivity index is 1.84. The van der Waals surface area contributed by atoms with Crippen LogP contribution in [0.1, 0.15) is 37.7 Å². The summed E-state index contributed by atoms with van der Waals surface area (Å²) in [6.45, 7) is 0. The minimum atomic E-state index is -1.03. The van der Waals surface area contributed by atoms with E-state index in [9.17, 15) is 9.59 Å². The van der Waals surface area contributed by atoms with Gasteiger partial charge in [-0.05, 0) is 36.6 Å². The monoisotopic (exact) mass is 273 g/mol. The number of hydrogen-bond donors (Lipinski definition) is 0. The van der Waals surface area contributed by atoms with Crippen LogP contribution >= 0.6 is 0 Å². The van der Waals surface area contributed by atoms with E-state index in [1.807, 2.05) is 0 Å². The first-order valence-electron chi connectivity index (χ1n) is 6.77. The van der Waals surface area contributed by atoms with Crippen LogP contribution in [0.15, 0.2) is 30.1 Å². The molecule has 1 aliphatic carbocycles. The molecule has 0 unspecified atom stereocenters. The van der Waals surface area contributed by atoms with Crippen LogP contribution in [0.25, 0.3) is 6.08 Å². The Morgan fingerprint density at radius 3 is 2.20 bits per heavy atom. The number of ether oxygens (including phenoxy) is 2. The SMILES string of the molecule is O=C1OC2(CCCCC2)OC(=O)C1=Cc1ccncc1. The van der Waals surface area contributed by atoms with Crippen molar-refractivity contribution in [1.82, 2.24) is 4.98 Å². The molecule has 2 fully saturated rings. The maximum absolute atomic E-state index is 12.1. The molecule has 0 amide bonds. The summed E-state index contributed by atoms with van der Waals surface area (Å²) < 4.78 is 10.8. The van der Waals surface area contributed by atoms with E-state index in [0.717, 1.165) is 19.3 Å². The molecule has 2 heterocycles. The molecular formula is C15H15NO4. The molecule has 20 heavy (non-hydrogen) atoms. The summed E-state index contributed by atoms with van der Waals surface area (Å²) in [6, 6.07) is 3.41. The minimum Gasteiger partial charge on any atom is -0.419 e. The Morgan fingerprint density at radius 1 is 1.00 bits per heavy atom. The fourth-order valence-electron chi connectivity index (χ4n) is 2.59. The van der Waals surface area contributed by atoms with Gasteiger partial charge in [0.05, 0.1) is 0 Å². The predicted molar refractivity (Wildman–Crippen MR) is 70.2 cm³/mol. The van der Waals surface area contributed by atoms with Gasteiger partial charge in [0.2, 0.25) is 0 Å². The van der Waals surface area contributed by atoms with Gasteiger partial charge in [-0.15, -0.1) is 0 Å². The Labute approximate surface area is 116 Å². The molecule has 1 aromatic heterocycles. The molecular weight excluding hydrogens is 258 g/mol. The molecule has 104 valence electrons. The van der Waals surface area contributed by atoms with E-state index in [-0.39, 0.29) is 5.57 Å². The summed E-state index contributed by atoms with van der Waals surface area (Å²) in [7, 11) is 0. The number of rotatable bonds is 1. The molecule has 5 heteroatoms.